The maximum absolute atomic E-state index is 11.9. The first-order valence-electron chi connectivity index (χ1n) is 9.10. The van der Waals surface area contributed by atoms with Gasteiger partial charge in [-0.2, -0.15) is 0 Å². The first-order chi connectivity index (χ1) is 12.8. The summed E-state index contributed by atoms with van der Waals surface area (Å²) in [6, 6.07) is 20.1. The highest BCUT2D eigenvalue weighted by molar-refractivity contribution is 5.84. The van der Waals surface area contributed by atoms with Crippen molar-refractivity contribution in [2.45, 2.75) is 25.7 Å². The number of carbonyl (C=O) groups is 1. The number of pyridine rings is 1. The van der Waals surface area contributed by atoms with Crippen molar-refractivity contribution in [1.82, 2.24) is 10.3 Å². The van der Waals surface area contributed by atoms with E-state index in [1.165, 1.54) is 5.56 Å². The Bertz CT molecular complexity index is 828. The highest BCUT2D eigenvalue weighted by atomic mass is 16.5. The predicted molar refractivity (Wildman–Crippen MR) is 104 cm³/mol. The van der Waals surface area contributed by atoms with Crippen LogP contribution in [0, 0.1) is 0 Å². The van der Waals surface area contributed by atoms with Gasteiger partial charge in [0.1, 0.15) is 11.3 Å². The van der Waals surface area contributed by atoms with Crippen LogP contribution in [0.25, 0.3) is 10.9 Å². The van der Waals surface area contributed by atoms with Crippen molar-refractivity contribution < 1.29 is 9.53 Å². The first kappa shape index (κ1) is 17.9. The van der Waals surface area contributed by atoms with Crippen molar-refractivity contribution in [2.75, 3.05) is 13.2 Å². The van der Waals surface area contributed by atoms with Gasteiger partial charge in [0, 0.05) is 24.5 Å². The Kier molecular flexibility index (Phi) is 6.59. The number of benzene rings is 2. The lowest BCUT2D eigenvalue weighted by atomic mass is 10.1. The van der Waals surface area contributed by atoms with E-state index in [0.29, 0.717) is 19.6 Å². The van der Waals surface area contributed by atoms with E-state index in [-0.39, 0.29) is 5.91 Å². The van der Waals surface area contributed by atoms with Gasteiger partial charge in [-0.25, -0.2) is 0 Å². The summed E-state index contributed by atoms with van der Waals surface area (Å²) in [4.78, 5) is 16.3. The molecule has 0 aliphatic rings. The number of rotatable bonds is 9. The zero-order valence-electron chi connectivity index (χ0n) is 14.9. The lowest BCUT2D eigenvalue weighted by Crippen LogP contribution is -2.25. The molecule has 0 saturated heterocycles. The third-order valence-corrected chi connectivity index (χ3v) is 4.21. The molecule has 3 aromatic rings. The topological polar surface area (TPSA) is 51.2 Å². The van der Waals surface area contributed by atoms with Crippen molar-refractivity contribution >= 4 is 16.8 Å². The minimum atomic E-state index is 0.104. The highest BCUT2D eigenvalue weighted by Gasteiger charge is 2.04. The van der Waals surface area contributed by atoms with E-state index in [4.69, 9.17) is 4.74 Å². The largest absolute Gasteiger partial charge is 0.491 e. The fourth-order valence-electron chi connectivity index (χ4n) is 2.86. The number of para-hydroxylation sites is 1. The van der Waals surface area contributed by atoms with Crippen molar-refractivity contribution in [2.24, 2.45) is 0 Å². The molecule has 0 unspecified atom stereocenters. The number of nitrogens with one attached hydrogen (secondary N) is 1. The molecule has 1 heterocycles. The lowest BCUT2D eigenvalue weighted by molar-refractivity contribution is -0.121. The van der Waals surface area contributed by atoms with Gasteiger partial charge in [0.2, 0.25) is 5.91 Å². The van der Waals surface area contributed by atoms with Crippen molar-refractivity contribution in [3.63, 3.8) is 0 Å². The second-order valence-electron chi connectivity index (χ2n) is 6.22. The second-order valence-corrected chi connectivity index (χ2v) is 6.22. The zero-order chi connectivity index (χ0) is 18.0. The molecular formula is C22H24N2O2. The van der Waals surface area contributed by atoms with Crippen LogP contribution >= 0.6 is 0 Å². The van der Waals surface area contributed by atoms with E-state index in [0.717, 1.165) is 35.9 Å². The van der Waals surface area contributed by atoms with Crippen LogP contribution in [0.1, 0.15) is 24.8 Å². The van der Waals surface area contributed by atoms with E-state index in [1.54, 1.807) is 6.20 Å². The summed E-state index contributed by atoms with van der Waals surface area (Å²) in [7, 11) is 0. The third-order valence-electron chi connectivity index (χ3n) is 4.21. The van der Waals surface area contributed by atoms with Crippen LogP contribution in [-0.2, 0) is 11.2 Å². The second kappa shape index (κ2) is 9.56. The van der Waals surface area contributed by atoms with Crippen LogP contribution in [0.15, 0.2) is 66.9 Å². The van der Waals surface area contributed by atoms with Crippen molar-refractivity contribution in [1.29, 1.82) is 0 Å². The number of ether oxygens (including phenoxy) is 1. The molecule has 1 aromatic heterocycles. The number of hydrogen-bond donors (Lipinski definition) is 1. The van der Waals surface area contributed by atoms with E-state index in [9.17, 15) is 4.79 Å². The molecule has 0 fully saturated rings. The summed E-state index contributed by atoms with van der Waals surface area (Å²) in [6.07, 6.45) is 4.90. The molecule has 1 amide bonds. The quantitative estimate of drug-likeness (QED) is 0.591. The minimum absolute atomic E-state index is 0.104. The molecule has 0 aliphatic heterocycles. The number of carbonyl (C=O) groups excluding carboxylic acids is 1. The molecular weight excluding hydrogens is 324 g/mol. The predicted octanol–water partition coefficient (Wildman–Crippen LogP) is 4.14. The van der Waals surface area contributed by atoms with Gasteiger partial charge in [-0.3, -0.25) is 9.78 Å². The molecule has 0 bridgehead atoms. The maximum atomic E-state index is 11.9. The number of aromatic nitrogens is 1. The first-order valence-corrected chi connectivity index (χ1v) is 9.10. The lowest BCUT2D eigenvalue weighted by Gasteiger charge is -2.09. The van der Waals surface area contributed by atoms with E-state index < -0.39 is 0 Å². The Balaban J connectivity index is 1.32. The molecule has 2 aromatic carbocycles. The van der Waals surface area contributed by atoms with Crippen LogP contribution < -0.4 is 10.1 Å². The Hall–Kier alpha value is -2.88. The minimum Gasteiger partial charge on any atom is -0.491 e. The van der Waals surface area contributed by atoms with Crippen molar-refractivity contribution in [3.8, 4) is 5.75 Å². The average Bonchev–Trinajstić information content (AvgIpc) is 2.69. The Morgan fingerprint density at radius 3 is 2.69 bits per heavy atom. The monoisotopic (exact) mass is 348 g/mol. The van der Waals surface area contributed by atoms with E-state index in [1.807, 2.05) is 48.5 Å². The number of hydrogen-bond acceptors (Lipinski definition) is 3. The average molecular weight is 348 g/mol. The van der Waals surface area contributed by atoms with Crippen molar-refractivity contribution in [3.05, 3.63) is 72.4 Å². The molecule has 1 N–H and O–H groups in total. The van der Waals surface area contributed by atoms with Crippen LogP contribution in [0.3, 0.4) is 0 Å². The van der Waals surface area contributed by atoms with Crippen LogP contribution in [0.4, 0.5) is 0 Å². The van der Waals surface area contributed by atoms with Gasteiger partial charge in [-0.05, 0) is 37.0 Å². The summed E-state index contributed by atoms with van der Waals surface area (Å²) in [5.41, 5.74) is 2.15. The Labute approximate surface area is 154 Å². The fourth-order valence-corrected chi connectivity index (χ4v) is 2.86. The van der Waals surface area contributed by atoms with Gasteiger partial charge < -0.3 is 10.1 Å². The van der Waals surface area contributed by atoms with Gasteiger partial charge in [0.25, 0.3) is 0 Å². The summed E-state index contributed by atoms with van der Waals surface area (Å²) < 4.78 is 5.83. The van der Waals surface area contributed by atoms with Crippen LogP contribution in [0.5, 0.6) is 5.75 Å². The molecule has 0 spiro atoms. The molecule has 0 atom stereocenters. The molecule has 134 valence electrons. The SMILES string of the molecule is O=C(CCCc1ccccc1)NCCCOc1cccc2cccnc12. The zero-order valence-corrected chi connectivity index (χ0v) is 14.9. The fraction of sp³-hybridized carbons (Fsp3) is 0.273. The molecule has 4 nitrogen and oxygen atoms in total. The molecule has 4 heteroatoms. The van der Waals surface area contributed by atoms with Crippen LogP contribution in [0.2, 0.25) is 0 Å². The van der Waals surface area contributed by atoms with E-state index >= 15 is 0 Å². The standard InChI is InChI=1S/C22H24N2O2/c25-21(14-4-10-18-8-2-1-3-9-18)23-16-7-17-26-20-13-5-11-19-12-6-15-24-22(19)20/h1-3,5-6,8-9,11-13,15H,4,7,10,14,16-17H2,(H,23,25). The summed E-state index contributed by atoms with van der Waals surface area (Å²) in [5.74, 6) is 0.894. The maximum Gasteiger partial charge on any atom is 0.220 e. The van der Waals surface area contributed by atoms with Crippen LogP contribution in [-0.4, -0.2) is 24.0 Å². The number of aryl methyl sites for hydroxylation is 1. The highest BCUT2D eigenvalue weighted by Crippen LogP contribution is 2.22. The van der Waals surface area contributed by atoms with Gasteiger partial charge in [-0.1, -0.05) is 48.5 Å². The number of nitrogens with zero attached hydrogens (tertiary/aromatic N) is 1. The van der Waals surface area contributed by atoms with Gasteiger partial charge >= 0.3 is 0 Å². The van der Waals surface area contributed by atoms with Gasteiger partial charge in [0.05, 0.1) is 6.61 Å². The summed E-state index contributed by atoms with van der Waals surface area (Å²) in [5, 5.41) is 4.02. The third kappa shape index (κ3) is 5.31. The van der Waals surface area contributed by atoms with Gasteiger partial charge in [0.15, 0.2) is 0 Å². The Morgan fingerprint density at radius 2 is 1.81 bits per heavy atom. The number of amides is 1. The summed E-state index contributed by atoms with van der Waals surface area (Å²) in [6.45, 7) is 1.18. The normalized spacial score (nSPS) is 10.6. The molecule has 0 saturated carbocycles. The molecule has 3 rings (SSSR count). The molecule has 26 heavy (non-hydrogen) atoms. The smallest absolute Gasteiger partial charge is 0.220 e. The molecule has 0 radical (unpaired) electrons. The van der Waals surface area contributed by atoms with E-state index in [2.05, 4.69) is 22.4 Å². The summed E-state index contributed by atoms with van der Waals surface area (Å²) >= 11 is 0. The Morgan fingerprint density at radius 1 is 0.962 bits per heavy atom. The molecule has 0 aliphatic carbocycles. The number of fused-ring (bicyclic) bond motifs is 1. The van der Waals surface area contributed by atoms with Gasteiger partial charge in [-0.15, -0.1) is 0 Å².